The number of carbonyl (C=O) groups excluding carboxylic acids is 2. The lowest BCUT2D eigenvalue weighted by Crippen LogP contribution is -2.39. The molecule has 2 heterocycles. The third kappa shape index (κ3) is 2.37. The molecule has 7 heteroatoms. The van der Waals surface area contributed by atoms with Crippen molar-refractivity contribution in [2.45, 2.75) is 19.3 Å². The molecule has 0 spiro atoms. The normalized spacial score (nSPS) is 17.0. The molecule has 2 amide bonds. The average molecular weight is 287 g/mol. The van der Waals surface area contributed by atoms with E-state index in [4.69, 9.17) is 5.11 Å². The number of hydrogen-bond donors (Lipinski definition) is 2. The van der Waals surface area contributed by atoms with Crippen LogP contribution in [0, 0.1) is 0 Å². The molecule has 0 fully saturated rings. The Labute approximate surface area is 120 Å². The molecule has 3 rings (SSSR count). The Bertz CT molecular complexity index is 681. The van der Waals surface area contributed by atoms with Gasteiger partial charge >= 0.3 is 5.97 Å². The summed E-state index contributed by atoms with van der Waals surface area (Å²) in [5.74, 6) is -1.52. The Balaban J connectivity index is 1.90. The highest BCUT2D eigenvalue weighted by molar-refractivity contribution is 6.44. The summed E-state index contributed by atoms with van der Waals surface area (Å²) >= 11 is 0. The summed E-state index contributed by atoms with van der Waals surface area (Å²) in [4.78, 5) is 36.1. The van der Waals surface area contributed by atoms with Crippen LogP contribution in [0.2, 0.25) is 0 Å². The van der Waals surface area contributed by atoms with Gasteiger partial charge in [0.2, 0.25) is 5.91 Å². The van der Waals surface area contributed by atoms with E-state index in [-0.39, 0.29) is 23.8 Å². The minimum atomic E-state index is -1.03. The van der Waals surface area contributed by atoms with Crippen LogP contribution in [0.3, 0.4) is 0 Å². The Morgan fingerprint density at radius 1 is 1.24 bits per heavy atom. The van der Waals surface area contributed by atoms with Gasteiger partial charge < -0.3 is 10.0 Å². The van der Waals surface area contributed by atoms with E-state index in [2.05, 4.69) is 10.5 Å². The number of carboxylic acids is 1. The first-order valence-electron chi connectivity index (χ1n) is 6.60. The third-order valence-electron chi connectivity index (χ3n) is 3.62. The maximum atomic E-state index is 12.4. The molecule has 1 aromatic rings. The number of hydrazone groups is 1. The molecule has 0 bridgehead atoms. The highest BCUT2D eigenvalue weighted by atomic mass is 16.4. The number of benzene rings is 1. The van der Waals surface area contributed by atoms with Crippen molar-refractivity contribution >= 4 is 29.2 Å². The zero-order valence-electron chi connectivity index (χ0n) is 11.1. The molecule has 0 saturated carbocycles. The largest absolute Gasteiger partial charge is 0.478 e. The molecule has 0 radical (unpaired) electrons. The summed E-state index contributed by atoms with van der Waals surface area (Å²) < 4.78 is 0. The summed E-state index contributed by atoms with van der Waals surface area (Å²) in [6.07, 6.45) is 1.22. The Kier molecular flexibility index (Phi) is 3.17. The highest BCUT2D eigenvalue weighted by Gasteiger charge is 2.30. The van der Waals surface area contributed by atoms with Crippen molar-refractivity contribution in [2.24, 2.45) is 5.10 Å². The van der Waals surface area contributed by atoms with Gasteiger partial charge in [-0.15, -0.1) is 0 Å². The molecule has 108 valence electrons. The lowest BCUT2D eigenvalue weighted by atomic mass is 10.1. The van der Waals surface area contributed by atoms with Crippen molar-refractivity contribution in [3.63, 3.8) is 0 Å². The van der Waals surface area contributed by atoms with Crippen molar-refractivity contribution in [2.75, 3.05) is 11.4 Å². The van der Waals surface area contributed by atoms with Crippen LogP contribution in [0.5, 0.6) is 0 Å². The van der Waals surface area contributed by atoms with E-state index >= 15 is 0 Å². The first-order valence-corrected chi connectivity index (χ1v) is 6.60. The standard InChI is InChI=1S/C14H13N3O4/c18-12-4-3-10(15-16-12)13(19)17-6-5-8-1-2-9(14(20)21)7-11(8)17/h1-2,7H,3-6H2,(H,16,18)(H,20,21). The highest BCUT2D eigenvalue weighted by Crippen LogP contribution is 2.29. The van der Waals surface area contributed by atoms with Gasteiger partial charge in [-0.05, 0) is 24.1 Å². The lowest BCUT2D eigenvalue weighted by molar-refractivity contribution is -0.121. The molecule has 7 nitrogen and oxygen atoms in total. The summed E-state index contributed by atoms with van der Waals surface area (Å²) in [6.45, 7) is 0.490. The quantitative estimate of drug-likeness (QED) is 0.829. The van der Waals surface area contributed by atoms with Crippen LogP contribution < -0.4 is 10.3 Å². The number of nitrogens with one attached hydrogen (secondary N) is 1. The first kappa shape index (κ1) is 13.3. The molecule has 0 saturated heterocycles. The predicted molar refractivity (Wildman–Crippen MR) is 74.3 cm³/mol. The zero-order valence-corrected chi connectivity index (χ0v) is 11.1. The van der Waals surface area contributed by atoms with E-state index in [9.17, 15) is 14.4 Å². The van der Waals surface area contributed by atoms with Gasteiger partial charge in [0, 0.05) is 25.1 Å². The molecule has 0 atom stereocenters. The fraction of sp³-hybridized carbons (Fsp3) is 0.286. The van der Waals surface area contributed by atoms with E-state index in [1.165, 1.54) is 17.0 Å². The second-order valence-corrected chi connectivity index (χ2v) is 4.95. The van der Waals surface area contributed by atoms with E-state index in [1.54, 1.807) is 6.07 Å². The molecule has 2 aliphatic heterocycles. The van der Waals surface area contributed by atoms with Gasteiger partial charge in [0.1, 0.15) is 5.71 Å². The number of fused-ring (bicyclic) bond motifs is 1. The number of aromatic carboxylic acids is 1. The van der Waals surface area contributed by atoms with Crippen LogP contribution in [0.25, 0.3) is 0 Å². The molecule has 0 aromatic heterocycles. The van der Waals surface area contributed by atoms with Gasteiger partial charge in [0.25, 0.3) is 5.91 Å². The summed E-state index contributed by atoms with van der Waals surface area (Å²) in [5, 5.41) is 12.8. The molecule has 0 aliphatic carbocycles. The minimum Gasteiger partial charge on any atom is -0.478 e. The van der Waals surface area contributed by atoms with Gasteiger partial charge in [-0.1, -0.05) is 6.07 Å². The number of rotatable bonds is 2. The molecule has 1 aromatic carbocycles. The van der Waals surface area contributed by atoms with Crippen molar-refractivity contribution in [3.05, 3.63) is 29.3 Å². The van der Waals surface area contributed by atoms with Gasteiger partial charge in [-0.25, -0.2) is 10.2 Å². The van der Waals surface area contributed by atoms with Crippen LogP contribution >= 0.6 is 0 Å². The Hall–Kier alpha value is -2.70. The van der Waals surface area contributed by atoms with Gasteiger partial charge in [0.05, 0.1) is 5.56 Å². The molecular weight excluding hydrogens is 274 g/mol. The maximum absolute atomic E-state index is 12.4. The Morgan fingerprint density at radius 2 is 2.05 bits per heavy atom. The van der Waals surface area contributed by atoms with E-state index in [0.29, 0.717) is 30.8 Å². The first-order chi connectivity index (χ1) is 10.1. The zero-order chi connectivity index (χ0) is 15.0. The lowest BCUT2D eigenvalue weighted by Gasteiger charge is -2.20. The van der Waals surface area contributed by atoms with E-state index in [0.717, 1.165) is 5.56 Å². The van der Waals surface area contributed by atoms with Crippen LogP contribution in [-0.2, 0) is 16.0 Å². The van der Waals surface area contributed by atoms with Crippen LogP contribution in [0.15, 0.2) is 23.3 Å². The second-order valence-electron chi connectivity index (χ2n) is 4.95. The number of carboxylic acid groups (broad SMARTS) is 1. The predicted octanol–water partition coefficient (Wildman–Crippen LogP) is 0.540. The van der Waals surface area contributed by atoms with Gasteiger partial charge in [0.15, 0.2) is 0 Å². The van der Waals surface area contributed by atoms with Crippen LogP contribution in [-0.4, -0.2) is 35.1 Å². The molecular formula is C14H13N3O4. The van der Waals surface area contributed by atoms with Crippen molar-refractivity contribution < 1.29 is 19.5 Å². The average Bonchev–Trinajstić information content (AvgIpc) is 2.90. The van der Waals surface area contributed by atoms with E-state index < -0.39 is 5.97 Å². The minimum absolute atomic E-state index is 0.146. The number of carbonyl (C=O) groups is 3. The van der Waals surface area contributed by atoms with Crippen molar-refractivity contribution in [1.82, 2.24) is 5.43 Å². The third-order valence-corrected chi connectivity index (χ3v) is 3.62. The Morgan fingerprint density at radius 3 is 2.71 bits per heavy atom. The summed E-state index contributed by atoms with van der Waals surface area (Å²) in [5.41, 5.74) is 4.29. The summed E-state index contributed by atoms with van der Waals surface area (Å²) in [6, 6.07) is 4.77. The fourth-order valence-electron chi connectivity index (χ4n) is 2.51. The molecule has 21 heavy (non-hydrogen) atoms. The second kappa shape index (κ2) is 5.01. The number of amides is 2. The SMILES string of the molecule is O=C1CCC(C(=O)N2CCc3ccc(C(=O)O)cc32)=NN1. The van der Waals surface area contributed by atoms with E-state index in [1.807, 2.05) is 0 Å². The number of anilines is 1. The molecule has 2 aliphatic rings. The van der Waals surface area contributed by atoms with Gasteiger partial charge in [-0.2, -0.15) is 5.10 Å². The smallest absolute Gasteiger partial charge is 0.335 e. The van der Waals surface area contributed by atoms with Crippen molar-refractivity contribution in [1.29, 1.82) is 0 Å². The van der Waals surface area contributed by atoms with Crippen molar-refractivity contribution in [3.8, 4) is 0 Å². The number of hydrogen-bond acceptors (Lipinski definition) is 4. The molecule has 0 unspecified atom stereocenters. The topological polar surface area (TPSA) is 99.1 Å². The molecule has 2 N–H and O–H groups in total. The maximum Gasteiger partial charge on any atom is 0.335 e. The van der Waals surface area contributed by atoms with Gasteiger partial charge in [-0.3, -0.25) is 9.59 Å². The fourth-order valence-corrected chi connectivity index (χ4v) is 2.51. The monoisotopic (exact) mass is 287 g/mol. The number of nitrogens with zero attached hydrogens (tertiary/aromatic N) is 2. The summed E-state index contributed by atoms with van der Waals surface area (Å²) in [7, 11) is 0. The van der Waals surface area contributed by atoms with Crippen LogP contribution in [0.1, 0.15) is 28.8 Å². The van der Waals surface area contributed by atoms with Crippen LogP contribution in [0.4, 0.5) is 5.69 Å².